The SMILES string of the molecule is O=C(c1ccccc1O)N1CCCC(CBr)C1. The lowest BCUT2D eigenvalue weighted by Gasteiger charge is -2.32. The minimum atomic E-state index is -0.0613. The van der Waals surface area contributed by atoms with Crippen molar-refractivity contribution in [3.05, 3.63) is 29.8 Å². The Hall–Kier alpha value is -1.03. The van der Waals surface area contributed by atoms with Gasteiger partial charge in [0.2, 0.25) is 0 Å². The minimum Gasteiger partial charge on any atom is -0.507 e. The van der Waals surface area contributed by atoms with Gasteiger partial charge in [0.1, 0.15) is 5.75 Å². The van der Waals surface area contributed by atoms with Crippen LogP contribution in [0.1, 0.15) is 23.2 Å². The van der Waals surface area contributed by atoms with E-state index in [1.807, 2.05) is 4.90 Å². The van der Waals surface area contributed by atoms with Crippen molar-refractivity contribution in [2.75, 3.05) is 18.4 Å². The number of rotatable bonds is 2. The summed E-state index contributed by atoms with van der Waals surface area (Å²) in [5.74, 6) is 0.533. The molecule has 0 radical (unpaired) electrons. The van der Waals surface area contributed by atoms with Gasteiger partial charge in [0.15, 0.2) is 0 Å². The standard InChI is InChI=1S/C13H16BrNO2/c14-8-10-4-3-7-15(9-10)13(17)11-5-1-2-6-12(11)16/h1-2,5-6,10,16H,3-4,7-9H2. The number of aromatic hydroxyl groups is 1. The number of carbonyl (C=O) groups is 1. The van der Waals surface area contributed by atoms with Crippen LogP contribution in [0.2, 0.25) is 0 Å². The van der Waals surface area contributed by atoms with E-state index in [0.29, 0.717) is 11.5 Å². The van der Waals surface area contributed by atoms with E-state index >= 15 is 0 Å². The zero-order valence-electron chi connectivity index (χ0n) is 9.60. The number of nitrogens with zero attached hydrogens (tertiary/aromatic N) is 1. The van der Waals surface area contributed by atoms with Crippen molar-refractivity contribution in [1.82, 2.24) is 4.90 Å². The minimum absolute atomic E-state index is 0.0613. The van der Waals surface area contributed by atoms with Crippen LogP contribution in [-0.2, 0) is 0 Å². The topological polar surface area (TPSA) is 40.5 Å². The van der Waals surface area contributed by atoms with Crippen molar-refractivity contribution in [2.45, 2.75) is 12.8 Å². The van der Waals surface area contributed by atoms with Crippen molar-refractivity contribution in [1.29, 1.82) is 0 Å². The molecule has 1 aliphatic rings. The van der Waals surface area contributed by atoms with Gasteiger partial charge < -0.3 is 10.0 Å². The maximum Gasteiger partial charge on any atom is 0.257 e. The Labute approximate surface area is 110 Å². The van der Waals surface area contributed by atoms with Gasteiger partial charge in [0.25, 0.3) is 5.91 Å². The predicted octanol–water partition coefficient (Wildman–Crippen LogP) is 2.64. The first-order chi connectivity index (χ1) is 8.22. The van der Waals surface area contributed by atoms with Crippen LogP contribution in [0.3, 0.4) is 0 Å². The Kier molecular flexibility index (Phi) is 4.05. The number of alkyl halides is 1. The number of benzene rings is 1. The number of piperidine rings is 1. The lowest BCUT2D eigenvalue weighted by atomic mass is 9.99. The molecule has 3 nitrogen and oxygen atoms in total. The summed E-state index contributed by atoms with van der Waals surface area (Å²) in [7, 11) is 0. The van der Waals surface area contributed by atoms with Gasteiger partial charge in [-0.05, 0) is 30.9 Å². The molecule has 1 unspecified atom stereocenters. The van der Waals surface area contributed by atoms with E-state index in [2.05, 4.69) is 15.9 Å². The van der Waals surface area contributed by atoms with Crippen molar-refractivity contribution >= 4 is 21.8 Å². The second kappa shape index (κ2) is 5.54. The molecular formula is C13H16BrNO2. The van der Waals surface area contributed by atoms with Gasteiger partial charge in [0, 0.05) is 18.4 Å². The molecule has 1 fully saturated rings. The number of halogens is 1. The molecule has 2 rings (SSSR count). The second-order valence-electron chi connectivity index (χ2n) is 4.43. The Bertz CT molecular complexity index is 408. The van der Waals surface area contributed by atoms with Gasteiger partial charge in [0.05, 0.1) is 5.56 Å². The van der Waals surface area contributed by atoms with Crippen molar-refractivity contribution in [2.24, 2.45) is 5.92 Å². The molecule has 1 aliphatic heterocycles. The smallest absolute Gasteiger partial charge is 0.257 e. The summed E-state index contributed by atoms with van der Waals surface area (Å²) in [5.41, 5.74) is 0.405. The number of amides is 1. The highest BCUT2D eigenvalue weighted by Crippen LogP contribution is 2.23. The Morgan fingerprint density at radius 2 is 2.24 bits per heavy atom. The van der Waals surface area contributed by atoms with E-state index in [9.17, 15) is 9.90 Å². The fourth-order valence-corrected chi connectivity index (χ4v) is 2.73. The molecule has 0 aliphatic carbocycles. The molecule has 0 bridgehead atoms. The second-order valence-corrected chi connectivity index (χ2v) is 5.08. The summed E-state index contributed by atoms with van der Waals surface area (Å²) >= 11 is 3.47. The van der Waals surface area contributed by atoms with Crippen LogP contribution in [0.25, 0.3) is 0 Å². The quantitative estimate of drug-likeness (QED) is 0.853. The molecule has 0 aromatic heterocycles. The Balaban J connectivity index is 2.12. The molecule has 17 heavy (non-hydrogen) atoms. The van der Waals surface area contributed by atoms with E-state index in [1.54, 1.807) is 24.3 Å². The Morgan fingerprint density at radius 1 is 1.47 bits per heavy atom. The highest BCUT2D eigenvalue weighted by Gasteiger charge is 2.24. The third-order valence-electron chi connectivity index (χ3n) is 3.16. The average molecular weight is 298 g/mol. The third kappa shape index (κ3) is 2.80. The summed E-state index contributed by atoms with van der Waals surface area (Å²) < 4.78 is 0. The fourth-order valence-electron chi connectivity index (χ4n) is 2.20. The summed E-state index contributed by atoms with van der Waals surface area (Å²) in [6, 6.07) is 6.73. The van der Waals surface area contributed by atoms with Gasteiger partial charge in [-0.25, -0.2) is 0 Å². The molecule has 1 aromatic carbocycles. The summed E-state index contributed by atoms with van der Waals surface area (Å²) in [4.78, 5) is 14.1. The number of phenols is 1. The summed E-state index contributed by atoms with van der Waals surface area (Å²) in [6.07, 6.45) is 2.20. The van der Waals surface area contributed by atoms with Gasteiger partial charge >= 0.3 is 0 Å². The van der Waals surface area contributed by atoms with E-state index in [1.165, 1.54) is 0 Å². The summed E-state index contributed by atoms with van der Waals surface area (Å²) in [6.45, 7) is 1.56. The average Bonchev–Trinajstić information content (AvgIpc) is 2.38. The van der Waals surface area contributed by atoms with Gasteiger partial charge in [-0.3, -0.25) is 4.79 Å². The number of likely N-dealkylation sites (tertiary alicyclic amines) is 1. The van der Waals surface area contributed by atoms with Crippen LogP contribution >= 0.6 is 15.9 Å². The molecule has 1 N–H and O–H groups in total. The molecule has 0 spiro atoms. The van der Waals surface area contributed by atoms with E-state index < -0.39 is 0 Å². The van der Waals surface area contributed by atoms with Crippen LogP contribution < -0.4 is 0 Å². The lowest BCUT2D eigenvalue weighted by Crippen LogP contribution is -2.40. The zero-order valence-corrected chi connectivity index (χ0v) is 11.2. The van der Waals surface area contributed by atoms with Crippen LogP contribution in [0.4, 0.5) is 0 Å². The maximum absolute atomic E-state index is 12.2. The highest BCUT2D eigenvalue weighted by atomic mass is 79.9. The van der Waals surface area contributed by atoms with Crippen LogP contribution in [0.5, 0.6) is 5.75 Å². The van der Waals surface area contributed by atoms with Crippen molar-refractivity contribution < 1.29 is 9.90 Å². The molecule has 1 saturated heterocycles. The highest BCUT2D eigenvalue weighted by molar-refractivity contribution is 9.09. The first kappa shape index (κ1) is 12.4. The lowest BCUT2D eigenvalue weighted by molar-refractivity contribution is 0.0683. The molecule has 0 saturated carbocycles. The van der Waals surface area contributed by atoms with Crippen molar-refractivity contribution in [3.8, 4) is 5.75 Å². The normalized spacial score (nSPS) is 20.3. The number of hydrogen-bond acceptors (Lipinski definition) is 2. The monoisotopic (exact) mass is 297 g/mol. The number of carbonyl (C=O) groups excluding carboxylic acids is 1. The molecular weight excluding hydrogens is 282 g/mol. The predicted molar refractivity (Wildman–Crippen MR) is 70.5 cm³/mol. The number of para-hydroxylation sites is 1. The van der Waals surface area contributed by atoms with Gasteiger partial charge in [-0.2, -0.15) is 0 Å². The largest absolute Gasteiger partial charge is 0.507 e. The van der Waals surface area contributed by atoms with Crippen LogP contribution in [-0.4, -0.2) is 34.3 Å². The number of phenolic OH excluding ortho intramolecular Hbond substituents is 1. The molecule has 1 amide bonds. The first-order valence-corrected chi connectivity index (χ1v) is 6.97. The van der Waals surface area contributed by atoms with Gasteiger partial charge in [-0.15, -0.1) is 0 Å². The first-order valence-electron chi connectivity index (χ1n) is 5.85. The molecule has 1 atom stereocenters. The van der Waals surface area contributed by atoms with E-state index in [0.717, 1.165) is 31.3 Å². The Morgan fingerprint density at radius 3 is 2.94 bits per heavy atom. The van der Waals surface area contributed by atoms with Crippen LogP contribution in [0, 0.1) is 5.92 Å². The summed E-state index contributed by atoms with van der Waals surface area (Å²) in [5, 5.41) is 10.6. The maximum atomic E-state index is 12.2. The van der Waals surface area contributed by atoms with E-state index in [-0.39, 0.29) is 11.7 Å². The molecule has 1 aromatic rings. The third-order valence-corrected chi connectivity index (χ3v) is 4.07. The molecule has 1 heterocycles. The van der Waals surface area contributed by atoms with Gasteiger partial charge in [-0.1, -0.05) is 28.1 Å². The zero-order chi connectivity index (χ0) is 12.3. The molecule has 92 valence electrons. The van der Waals surface area contributed by atoms with Crippen molar-refractivity contribution in [3.63, 3.8) is 0 Å². The van der Waals surface area contributed by atoms with Crippen LogP contribution in [0.15, 0.2) is 24.3 Å². The molecule has 4 heteroatoms. The fraction of sp³-hybridized carbons (Fsp3) is 0.462. The number of hydrogen-bond donors (Lipinski definition) is 1. The van der Waals surface area contributed by atoms with E-state index in [4.69, 9.17) is 0 Å².